The fraction of sp³-hybridized carbons (Fsp3) is 0.483. The van der Waals surface area contributed by atoms with Crippen molar-refractivity contribution in [1.29, 1.82) is 0 Å². The molecule has 1 aromatic heterocycles. The molecule has 1 aliphatic rings. The predicted molar refractivity (Wildman–Crippen MR) is 150 cm³/mol. The van der Waals surface area contributed by atoms with Crippen LogP contribution >= 0.6 is 15.9 Å². The van der Waals surface area contributed by atoms with Crippen LogP contribution in [0.4, 0.5) is 13.2 Å². The molecule has 2 aromatic carbocycles. The molecule has 3 atom stereocenters. The normalized spacial score (nSPS) is 17.1. The van der Waals surface area contributed by atoms with E-state index in [1.54, 1.807) is 9.58 Å². The second-order valence-electron chi connectivity index (χ2n) is 11.2. The number of hydrogen-bond acceptors (Lipinski definition) is 5. The maximum atomic E-state index is 14.9. The number of aromatic nitrogens is 3. The van der Waals surface area contributed by atoms with Gasteiger partial charge < -0.3 is 15.4 Å². The van der Waals surface area contributed by atoms with Crippen LogP contribution in [-0.2, 0) is 16.1 Å². The van der Waals surface area contributed by atoms with Crippen molar-refractivity contribution in [3.63, 3.8) is 0 Å². The highest BCUT2D eigenvalue weighted by atomic mass is 79.9. The molecule has 40 heavy (non-hydrogen) atoms. The number of amides is 1. The molecule has 11 heteroatoms. The Bertz CT molecular complexity index is 1320. The number of hydrogen-bond donors (Lipinski definition) is 1. The number of carbonyl (C=O) groups excluding carboxylic acids is 1. The number of benzene rings is 2. The Kier molecular flexibility index (Phi) is 9.68. The van der Waals surface area contributed by atoms with Crippen molar-refractivity contribution in [1.82, 2.24) is 19.7 Å². The Labute approximate surface area is 241 Å². The third kappa shape index (κ3) is 7.11. The van der Waals surface area contributed by atoms with Crippen molar-refractivity contribution in [3.05, 3.63) is 70.0 Å². The molecular formula is C29H35BrF3N5O2. The SMILES string of the molecule is CC(C)(C)[C@H](c1nc(-c2cc(F)ccc2F)nn1Cc1cccc(Br)c1)N(CCC(N)CF)C(=O)C1CCCO1. The Hall–Kier alpha value is -2.76. The van der Waals surface area contributed by atoms with Crippen LogP contribution < -0.4 is 5.73 Å². The largest absolute Gasteiger partial charge is 0.368 e. The summed E-state index contributed by atoms with van der Waals surface area (Å²) in [4.78, 5) is 20.3. The predicted octanol–water partition coefficient (Wildman–Crippen LogP) is 5.82. The molecule has 3 aromatic rings. The number of alkyl halides is 1. The molecule has 2 N–H and O–H groups in total. The molecule has 1 amide bonds. The number of nitrogens with two attached hydrogens (primary N) is 1. The van der Waals surface area contributed by atoms with Gasteiger partial charge in [-0.15, -0.1) is 0 Å². The first-order valence-electron chi connectivity index (χ1n) is 13.4. The fourth-order valence-electron chi connectivity index (χ4n) is 4.96. The first-order valence-corrected chi connectivity index (χ1v) is 14.2. The summed E-state index contributed by atoms with van der Waals surface area (Å²) >= 11 is 3.49. The number of ether oxygens (including phenoxy) is 1. The van der Waals surface area contributed by atoms with E-state index in [0.717, 1.165) is 34.7 Å². The molecule has 0 bridgehead atoms. The highest BCUT2D eigenvalue weighted by Crippen LogP contribution is 2.40. The van der Waals surface area contributed by atoms with E-state index in [4.69, 9.17) is 15.5 Å². The standard InChI is InChI=1S/C29H35BrF3N5O2/c1-29(2,3)25(37(12-11-21(34)16-31)28(39)24-8-5-13-40-24)27-35-26(22-15-20(32)9-10-23(22)33)36-38(27)17-18-6-4-7-19(30)14-18/h4,6-7,9-10,14-15,21,24-25H,5,8,11-13,16-17,34H2,1-3H3/t21?,24?,25-/m0/s1. The van der Waals surface area contributed by atoms with Gasteiger partial charge in [0.2, 0.25) is 0 Å². The summed E-state index contributed by atoms with van der Waals surface area (Å²) in [6.45, 7) is 6.08. The number of carbonyl (C=O) groups is 1. The van der Waals surface area contributed by atoms with Crippen LogP contribution in [-0.4, -0.2) is 57.5 Å². The summed E-state index contributed by atoms with van der Waals surface area (Å²) in [5.41, 5.74) is 6.13. The van der Waals surface area contributed by atoms with Crippen molar-refractivity contribution >= 4 is 21.8 Å². The summed E-state index contributed by atoms with van der Waals surface area (Å²) in [5.74, 6) is -1.13. The summed E-state index contributed by atoms with van der Waals surface area (Å²) < 4.78 is 50.6. The summed E-state index contributed by atoms with van der Waals surface area (Å²) in [5, 5.41) is 4.62. The summed E-state index contributed by atoms with van der Waals surface area (Å²) in [7, 11) is 0. The van der Waals surface area contributed by atoms with Gasteiger partial charge in [0.1, 0.15) is 24.4 Å². The average Bonchev–Trinajstić information content (AvgIpc) is 3.57. The van der Waals surface area contributed by atoms with Crippen LogP contribution in [0.5, 0.6) is 0 Å². The lowest BCUT2D eigenvalue weighted by molar-refractivity contribution is -0.146. The number of halogens is 4. The van der Waals surface area contributed by atoms with Crippen molar-refractivity contribution in [2.75, 3.05) is 19.8 Å². The van der Waals surface area contributed by atoms with E-state index in [0.29, 0.717) is 18.9 Å². The maximum absolute atomic E-state index is 14.9. The third-order valence-corrected chi connectivity index (χ3v) is 7.39. The Balaban J connectivity index is 1.87. The van der Waals surface area contributed by atoms with E-state index in [2.05, 4.69) is 21.0 Å². The van der Waals surface area contributed by atoms with Crippen molar-refractivity contribution in [2.24, 2.45) is 11.1 Å². The van der Waals surface area contributed by atoms with E-state index < -0.39 is 41.9 Å². The van der Waals surface area contributed by atoms with Gasteiger partial charge in [0.25, 0.3) is 5.91 Å². The highest BCUT2D eigenvalue weighted by molar-refractivity contribution is 9.10. The summed E-state index contributed by atoms with van der Waals surface area (Å²) in [6.07, 6.45) is 0.933. The minimum atomic E-state index is -0.739. The minimum Gasteiger partial charge on any atom is -0.368 e. The molecule has 0 radical (unpaired) electrons. The molecule has 7 nitrogen and oxygen atoms in total. The molecule has 1 saturated heterocycles. The lowest BCUT2D eigenvalue weighted by Crippen LogP contribution is -2.48. The molecule has 1 fully saturated rings. The second kappa shape index (κ2) is 12.8. The lowest BCUT2D eigenvalue weighted by Gasteiger charge is -2.41. The lowest BCUT2D eigenvalue weighted by atomic mass is 9.84. The van der Waals surface area contributed by atoms with Gasteiger partial charge in [-0.1, -0.05) is 48.8 Å². The smallest absolute Gasteiger partial charge is 0.252 e. The van der Waals surface area contributed by atoms with Crippen LogP contribution in [0.3, 0.4) is 0 Å². The third-order valence-electron chi connectivity index (χ3n) is 6.89. The molecule has 4 rings (SSSR count). The molecule has 216 valence electrons. The number of rotatable bonds is 10. The number of nitrogens with zero attached hydrogens (tertiary/aromatic N) is 4. The van der Waals surface area contributed by atoms with Gasteiger partial charge in [0.15, 0.2) is 11.6 Å². The molecule has 0 saturated carbocycles. The zero-order valence-electron chi connectivity index (χ0n) is 22.9. The minimum absolute atomic E-state index is 0.00113. The first-order chi connectivity index (χ1) is 19.0. The molecule has 1 aliphatic heterocycles. The van der Waals surface area contributed by atoms with Gasteiger partial charge in [0, 0.05) is 23.7 Å². The van der Waals surface area contributed by atoms with E-state index >= 15 is 0 Å². The summed E-state index contributed by atoms with van der Waals surface area (Å²) in [6, 6.07) is 9.34. The quantitative estimate of drug-likeness (QED) is 0.308. The first kappa shape index (κ1) is 30.2. The maximum Gasteiger partial charge on any atom is 0.252 e. The molecule has 2 unspecified atom stereocenters. The van der Waals surface area contributed by atoms with E-state index in [9.17, 15) is 18.0 Å². The zero-order valence-corrected chi connectivity index (χ0v) is 24.5. The van der Waals surface area contributed by atoms with Crippen molar-refractivity contribution < 1.29 is 22.7 Å². The van der Waals surface area contributed by atoms with Gasteiger partial charge in [-0.05, 0) is 60.6 Å². The second-order valence-corrected chi connectivity index (χ2v) is 12.1. The molecular weight excluding hydrogens is 587 g/mol. The zero-order chi connectivity index (χ0) is 29.0. The van der Waals surface area contributed by atoms with Gasteiger partial charge >= 0.3 is 0 Å². The van der Waals surface area contributed by atoms with Gasteiger partial charge in [-0.3, -0.25) is 4.79 Å². The van der Waals surface area contributed by atoms with Gasteiger partial charge in [0.05, 0.1) is 18.2 Å². The average molecular weight is 623 g/mol. The topological polar surface area (TPSA) is 86.3 Å². The van der Waals surface area contributed by atoms with E-state index in [1.807, 2.05) is 45.0 Å². The van der Waals surface area contributed by atoms with Crippen LogP contribution in [0.2, 0.25) is 0 Å². The molecule has 2 heterocycles. The Morgan fingerprint density at radius 3 is 2.67 bits per heavy atom. The fourth-order valence-corrected chi connectivity index (χ4v) is 5.41. The van der Waals surface area contributed by atoms with Gasteiger partial charge in [-0.2, -0.15) is 5.10 Å². The van der Waals surface area contributed by atoms with Crippen LogP contribution in [0.25, 0.3) is 11.4 Å². The van der Waals surface area contributed by atoms with Crippen molar-refractivity contribution in [3.8, 4) is 11.4 Å². The van der Waals surface area contributed by atoms with Crippen LogP contribution in [0.1, 0.15) is 57.5 Å². The van der Waals surface area contributed by atoms with Crippen LogP contribution in [0, 0.1) is 17.0 Å². The van der Waals surface area contributed by atoms with E-state index in [-0.39, 0.29) is 36.8 Å². The van der Waals surface area contributed by atoms with Crippen molar-refractivity contribution in [2.45, 2.75) is 64.8 Å². The Morgan fingerprint density at radius 1 is 1.25 bits per heavy atom. The van der Waals surface area contributed by atoms with E-state index in [1.165, 1.54) is 0 Å². The highest BCUT2D eigenvalue weighted by Gasteiger charge is 2.41. The molecule has 0 spiro atoms. The van der Waals surface area contributed by atoms with Gasteiger partial charge in [-0.25, -0.2) is 22.8 Å². The Morgan fingerprint density at radius 2 is 2.02 bits per heavy atom. The van der Waals surface area contributed by atoms with Crippen LogP contribution in [0.15, 0.2) is 46.9 Å². The molecule has 0 aliphatic carbocycles. The monoisotopic (exact) mass is 621 g/mol.